The first-order valence-corrected chi connectivity index (χ1v) is 15.7. The van der Waals surface area contributed by atoms with Gasteiger partial charge in [-0.2, -0.15) is 0 Å². The van der Waals surface area contributed by atoms with Gasteiger partial charge < -0.3 is 8.85 Å². The lowest BCUT2D eigenvalue weighted by Gasteiger charge is -2.24. The van der Waals surface area contributed by atoms with Crippen molar-refractivity contribution in [2.45, 2.75) is 116 Å². The molecule has 1 aromatic rings. The van der Waals surface area contributed by atoms with Gasteiger partial charge in [0.15, 0.2) is 0 Å². The largest absolute Gasteiger partial charge is 0.520 e. The average molecular weight is 486 g/mol. The van der Waals surface area contributed by atoms with E-state index in [9.17, 15) is 0 Å². The van der Waals surface area contributed by atoms with Gasteiger partial charge in [0.1, 0.15) is 5.75 Å². The summed E-state index contributed by atoms with van der Waals surface area (Å²) in [6.45, 7) is 7.37. The van der Waals surface area contributed by atoms with Crippen molar-refractivity contribution in [3.8, 4) is 5.75 Å². The first-order chi connectivity index (χ1) is 14.0. The number of benzene rings is 1. The van der Waals surface area contributed by atoms with Gasteiger partial charge in [0.2, 0.25) is 0 Å². The minimum atomic E-state index is -2.08. The number of hydrogen-bond donors (Lipinski definition) is 0. The zero-order chi connectivity index (χ0) is 21.2. The molecule has 0 saturated heterocycles. The number of halogens is 1. The van der Waals surface area contributed by atoms with Crippen LogP contribution in [0, 0.1) is 0 Å². The second-order valence-electron chi connectivity index (χ2n) is 8.75. The fourth-order valence-corrected chi connectivity index (χ4v) is 5.27. The Morgan fingerprint density at radius 2 is 1.07 bits per heavy atom. The van der Waals surface area contributed by atoms with Crippen LogP contribution in [0.5, 0.6) is 5.75 Å². The predicted octanol–water partition coefficient (Wildman–Crippen LogP) is 9.42. The van der Waals surface area contributed by atoms with Gasteiger partial charge in [0.05, 0.1) is 0 Å². The van der Waals surface area contributed by atoms with Crippen LogP contribution in [-0.2, 0) is 4.43 Å². The molecule has 0 aliphatic heterocycles. The molecule has 29 heavy (non-hydrogen) atoms. The van der Waals surface area contributed by atoms with Crippen LogP contribution in [0.25, 0.3) is 0 Å². The van der Waals surface area contributed by atoms with E-state index >= 15 is 0 Å². The predicted molar refractivity (Wildman–Crippen MR) is 133 cm³/mol. The second-order valence-corrected chi connectivity index (χ2v) is 13.0. The summed E-state index contributed by atoms with van der Waals surface area (Å²) < 4.78 is 13.2. The molecular formula is C25H45BrO2Si. The van der Waals surface area contributed by atoms with E-state index in [1.54, 1.807) is 0 Å². The van der Waals surface area contributed by atoms with Crippen molar-refractivity contribution in [3.63, 3.8) is 0 Å². The van der Waals surface area contributed by atoms with Crippen LogP contribution in [0.2, 0.25) is 13.1 Å². The van der Waals surface area contributed by atoms with Crippen LogP contribution < -0.4 is 4.43 Å². The number of rotatable bonds is 19. The Bertz CT molecular complexity index is 490. The smallest absolute Gasteiger partial charge is 0.392 e. The topological polar surface area (TPSA) is 18.5 Å². The Balaban J connectivity index is 1.86. The average Bonchev–Trinajstić information content (AvgIpc) is 2.69. The van der Waals surface area contributed by atoms with Crippen LogP contribution in [0.4, 0.5) is 0 Å². The van der Waals surface area contributed by atoms with E-state index in [2.05, 4.69) is 35.9 Å². The number of unbranched alkanes of at least 4 members (excludes halogenated alkanes) is 14. The van der Waals surface area contributed by atoms with Crippen molar-refractivity contribution in [2.24, 2.45) is 0 Å². The maximum Gasteiger partial charge on any atom is 0.392 e. The summed E-state index contributed by atoms with van der Waals surface area (Å²) in [4.78, 5) is 0. The van der Waals surface area contributed by atoms with Crippen molar-refractivity contribution in [2.75, 3.05) is 6.61 Å². The molecule has 0 fully saturated rings. The van der Waals surface area contributed by atoms with Crippen LogP contribution in [-0.4, -0.2) is 15.2 Å². The molecule has 0 heterocycles. The molecule has 1 rings (SSSR count). The van der Waals surface area contributed by atoms with Gasteiger partial charge in [-0.25, -0.2) is 0 Å². The molecule has 1 aromatic carbocycles. The van der Waals surface area contributed by atoms with Crippen molar-refractivity contribution in [1.29, 1.82) is 0 Å². The highest BCUT2D eigenvalue weighted by atomic mass is 79.9. The Labute approximate surface area is 190 Å². The summed E-state index contributed by atoms with van der Waals surface area (Å²) in [5.41, 5.74) is 0. The van der Waals surface area contributed by atoms with Gasteiger partial charge in [-0.1, -0.05) is 113 Å². The standard InChI is InChI=1S/C25H45BrO2Si/c1-4-5-6-7-8-9-10-11-12-13-14-15-16-17-18-23-27-29(2,3)28-25-21-19-24(26)20-22-25/h19-22H,4-18,23H2,1-3H3. The van der Waals surface area contributed by atoms with Crippen LogP contribution in [0.1, 0.15) is 103 Å². The minimum Gasteiger partial charge on any atom is -0.520 e. The lowest BCUT2D eigenvalue weighted by atomic mass is 10.0. The van der Waals surface area contributed by atoms with Crippen molar-refractivity contribution in [3.05, 3.63) is 28.7 Å². The Kier molecular flexibility index (Phi) is 16.0. The molecule has 4 heteroatoms. The third-order valence-corrected chi connectivity index (χ3v) is 7.53. The van der Waals surface area contributed by atoms with Gasteiger partial charge in [-0.05, 0) is 43.8 Å². The molecule has 0 aromatic heterocycles. The Hall–Kier alpha value is -0.323. The molecule has 0 spiro atoms. The quantitative estimate of drug-likeness (QED) is 0.143. The summed E-state index contributed by atoms with van der Waals surface area (Å²) in [6, 6.07) is 8.01. The third-order valence-electron chi connectivity index (χ3n) is 5.37. The fraction of sp³-hybridized carbons (Fsp3) is 0.760. The molecule has 168 valence electrons. The van der Waals surface area contributed by atoms with Gasteiger partial charge >= 0.3 is 8.56 Å². The molecule has 0 atom stereocenters. The highest BCUT2D eigenvalue weighted by molar-refractivity contribution is 9.10. The summed E-state index contributed by atoms with van der Waals surface area (Å²) in [5, 5.41) is 0. The zero-order valence-corrected chi connectivity index (χ0v) is 21.9. The van der Waals surface area contributed by atoms with Gasteiger partial charge in [0, 0.05) is 11.1 Å². The van der Waals surface area contributed by atoms with Gasteiger partial charge in [-0.15, -0.1) is 0 Å². The molecule has 2 nitrogen and oxygen atoms in total. The SMILES string of the molecule is CCCCCCCCCCCCCCCCCO[Si](C)(C)Oc1ccc(Br)cc1. The molecule has 0 saturated carbocycles. The normalized spacial score (nSPS) is 11.7. The first kappa shape index (κ1) is 26.7. The van der Waals surface area contributed by atoms with E-state index in [0.717, 1.165) is 23.2 Å². The fourth-order valence-electron chi connectivity index (χ4n) is 3.61. The molecule has 0 N–H and O–H groups in total. The van der Waals surface area contributed by atoms with E-state index in [1.165, 1.54) is 89.9 Å². The van der Waals surface area contributed by atoms with Crippen LogP contribution >= 0.6 is 15.9 Å². The molecule has 0 amide bonds. The van der Waals surface area contributed by atoms with E-state index in [1.807, 2.05) is 24.3 Å². The maximum absolute atomic E-state index is 6.08. The van der Waals surface area contributed by atoms with Crippen molar-refractivity contribution >= 4 is 24.5 Å². The summed E-state index contributed by atoms with van der Waals surface area (Å²) in [7, 11) is -2.08. The third kappa shape index (κ3) is 16.1. The first-order valence-electron chi connectivity index (χ1n) is 12.1. The lowest BCUT2D eigenvalue weighted by molar-refractivity contribution is 0.240. The highest BCUT2D eigenvalue weighted by Gasteiger charge is 2.26. The zero-order valence-electron chi connectivity index (χ0n) is 19.3. The van der Waals surface area contributed by atoms with Gasteiger partial charge in [-0.3, -0.25) is 0 Å². The van der Waals surface area contributed by atoms with E-state index < -0.39 is 8.56 Å². The highest BCUT2D eigenvalue weighted by Crippen LogP contribution is 2.20. The molecule has 0 radical (unpaired) electrons. The second kappa shape index (κ2) is 17.4. The van der Waals surface area contributed by atoms with Crippen molar-refractivity contribution in [1.82, 2.24) is 0 Å². The molecule has 0 aliphatic rings. The lowest BCUT2D eigenvalue weighted by Crippen LogP contribution is -2.38. The molecular weight excluding hydrogens is 440 g/mol. The van der Waals surface area contributed by atoms with Gasteiger partial charge in [0.25, 0.3) is 0 Å². The summed E-state index contributed by atoms with van der Waals surface area (Å²) >= 11 is 3.45. The minimum absolute atomic E-state index is 0.827. The molecule has 0 bridgehead atoms. The van der Waals surface area contributed by atoms with E-state index in [0.29, 0.717) is 0 Å². The van der Waals surface area contributed by atoms with Crippen LogP contribution in [0.3, 0.4) is 0 Å². The summed E-state index contributed by atoms with van der Waals surface area (Å²) in [6.07, 6.45) is 20.9. The van der Waals surface area contributed by atoms with Crippen molar-refractivity contribution < 1.29 is 8.85 Å². The number of hydrogen-bond acceptors (Lipinski definition) is 2. The molecule has 0 unspecified atom stereocenters. The van der Waals surface area contributed by atoms with E-state index in [-0.39, 0.29) is 0 Å². The van der Waals surface area contributed by atoms with Crippen LogP contribution in [0.15, 0.2) is 28.7 Å². The Morgan fingerprint density at radius 3 is 1.52 bits per heavy atom. The summed E-state index contributed by atoms with van der Waals surface area (Å²) in [5.74, 6) is 0.904. The van der Waals surface area contributed by atoms with E-state index in [4.69, 9.17) is 8.85 Å². The molecule has 0 aliphatic carbocycles. The monoisotopic (exact) mass is 484 g/mol. The Morgan fingerprint density at radius 1 is 0.655 bits per heavy atom. The maximum atomic E-state index is 6.08.